The third-order valence-electron chi connectivity index (χ3n) is 3.92. The van der Waals surface area contributed by atoms with Crippen LogP contribution >= 0.6 is 0 Å². The lowest BCUT2D eigenvalue weighted by atomic mass is 9.93. The van der Waals surface area contributed by atoms with Crippen molar-refractivity contribution in [2.75, 3.05) is 18.8 Å². The van der Waals surface area contributed by atoms with Gasteiger partial charge in [0.15, 0.2) is 0 Å². The first-order valence-corrected chi connectivity index (χ1v) is 7.01. The van der Waals surface area contributed by atoms with E-state index in [1.165, 1.54) is 11.0 Å². The van der Waals surface area contributed by atoms with Crippen LogP contribution in [-0.2, 0) is 0 Å². The largest absolute Gasteiger partial charge is 0.368 e. The summed E-state index contributed by atoms with van der Waals surface area (Å²) in [5.74, 6) is -1.90. The van der Waals surface area contributed by atoms with Crippen LogP contribution in [0.1, 0.15) is 34.8 Å². The van der Waals surface area contributed by atoms with Crippen LogP contribution in [0, 0.1) is 11.6 Å². The Morgan fingerprint density at radius 1 is 1.27 bits per heavy atom. The number of amides is 1. The molecule has 0 aliphatic carbocycles. The smallest absolute Gasteiger partial charge is 0.259 e. The van der Waals surface area contributed by atoms with E-state index in [-0.39, 0.29) is 11.8 Å². The lowest BCUT2D eigenvalue weighted by Gasteiger charge is -2.31. The van der Waals surface area contributed by atoms with Crippen LogP contribution in [0.5, 0.6) is 0 Å². The number of carbonyl (C=O) groups excluding carboxylic acids is 1. The number of halogens is 2. The minimum atomic E-state index is -0.837. The van der Waals surface area contributed by atoms with E-state index in [1.54, 1.807) is 6.07 Å². The second-order valence-corrected chi connectivity index (χ2v) is 5.32. The number of piperidine rings is 1. The summed E-state index contributed by atoms with van der Waals surface area (Å²) < 4.78 is 32.2. The number of carbonyl (C=O) groups is 1. The van der Waals surface area contributed by atoms with Crippen molar-refractivity contribution in [1.82, 2.24) is 10.1 Å². The Labute approximate surface area is 125 Å². The Kier molecular flexibility index (Phi) is 3.79. The van der Waals surface area contributed by atoms with Crippen LogP contribution in [0.25, 0.3) is 0 Å². The van der Waals surface area contributed by atoms with Crippen molar-refractivity contribution >= 4 is 11.8 Å². The fourth-order valence-corrected chi connectivity index (χ4v) is 2.73. The molecule has 116 valence electrons. The molecule has 0 saturated carbocycles. The predicted molar refractivity (Wildman–Crippen MR) is 75.2 cm³/mol. The zero-order valence-electron chi connectivity index (χ0n) is 11.8. The van der Waals surface area contributed by atoms with Crippen LogP contribution in [0.4, 0.5) is 14.7 Å². The highest BCUT2D eigenvalue weighted by Crippen LogP contribution is 2.29. The van der Waals surface area contributed by atoms with Gasteiger partial charge in [0.1, 0.15) is 17.2 Å². The molecule has 0 radical (unpaired) electrons. The summed E-state index contributed by atoms with van der Waals surface area (Å²) in [6.45, 7) is 0.814. The highest BCUT2D eigenvalue weighted by molar-refractivity contribution is 5.94. The average Bonchev–Trinajstić information content (AvgIpc) is 2.94. The Hall–Kier alpha value is -2.44. The Bertz CT molecular complexity index is 674. The van der Waals surface area contributed by atoms with Crippen LogP contribution in [0.15, 0.2) is 28.8 Å². The third-order valence-corrected chi connectivity index (χ3v) is 3.92. The van der Waals surface area contributed by atoms with Gasteiger partial charge in [-0.25, -0.2) is 8.78 Å². The van der Waals surface area contributed by atoms with E-state index in [4.69, 9.17) is 10.3 Å². The first kappa shape index (κ1) is 14.5. The van der Waals surface area contributed by atoms with Crippen molar-refractivity contribution in [2.24, 2.45) is 0 Å². The molecule has 7 heteroatoms. The zero-order chi connectivity index (χ0) is 15.7. The maximum atomic E-state index is 13.7. The van der Waals surface area contributed by atoms with Crippen LogP contribution in [0.2, 0.25) is 0 Å². The van der Waals surface area contributed by atoms with Crippen LogP contribution in [0.3, 0.4) is 0 Å². The molecule has 1 aliphatic rings. The molecule has 0 bridgehead atoms. The normalized spacial score (nSPS) is 16.0. The molecule has 1 aromatic heterocycles. The molecule has 3 rings (SSSR count). The summed E-state index contributed by atoms with van der Waals surface area (Å²) in [5, 5.41) is 3.87. The number of anilines is 1. The summed E-state index contributed by atoms with van der Waals surface area (Å²) in [7, 11) is 0. The Morgan fingerprint density at radius 3 is 2.45 bits per heavy atom. The zero-order valence-corrected chi connectivity index (χ0v) is 11.8. The van der Waals surface area contributed by atoms with Gasteiger partial charge < -0.3 is 15.2 Å². The SMILES string of the molecule is Nc1cc(C2CCN(C(=O)c3c(F)cccc3F)CC2)no1. The summed E-state index contributed by atoms with van der Waals surface area (Å²) in [6, 6.07) is 5.07. The molecule has 2 heterocycles. The van der Waals surface area contributed by atoms with Gasteiger partial charge in [-0.05, 0) is 25.0 Å². The number of hydrogen-bond acceptors (Lipinski definition) is 4. The number of nitrogen functional groups attached to an aromatic ring is 1. The van der Waals surface area contributed by atoms with Gasteiger partial charge in [0, 0.05) is 25.1 Å². The number of nitrogens with zero attached hydrogens (tertiary/aromatic N) is 2. The number of hydrogen-bond donors (Lipinski definition) is 1. The third kappa shape index (κ3) is 2.66. The van der Waals surface area contributed by atoms with Gasteiger partial charge in [-0.15, -0.1) is 0 Å². The highest BCUT2D eigenvalue weighted by atomic mass is 19.1. The number of nitrogens with two attached hydrogens (primary N) is 1. The van der Waals surface area contributed by atoms with E-state index < -0.39 is 23.1 Å². The predicted octanol–water partition coefficient (Wildman–Crippen LogP) is 2.55. The molecule has 0 atom stereocenters. The fourth-order valence-electron chi connectivity index (χ4n) is 2.73. The minimum Gasteiger partial charge on any atom is -0.368 e. The molecule has 1 aromatic carbocycles. The highest BCUT2D eigenvalue weighted by Gasteiger charge is 2.29. The molecular weight excluding hydrogens is 292 g/mol. The van der Waals surface area contributed by atoms with E-state index in [0.29, 0.717) is 25.9 Å². The number of benzene rings is 1. The molecule has 1 aliphatic heterocycles. The summed E-state index contributed by atoms with van der Waals surface area (Å²) in [5.41, 5.74) is 5.75. The fraction of sp³-hybridized carbons (Fsp3) is 0.333. The van der Waals surface area contributed by atoms with Crippen molar-refractivity contribution in [3.05, 3.63) is 47.2 Å². The van der Waals surface area contributed by atoms with E-state index in [0.717, 1.165) is 17.8 Å². The average molecular weight is 307 g/mol. The maximum absolute atomic E-state index is 13.7. The molecule has 22 heavy (non-hydrogen) atoms. The van der Waals surface area contributed by atoms with Gasteiger partial charge in [0.05, 0.1) is 5.69 Å². The molecule has 2 aromatic rings. The molecule has 1 fully saturated rings. The monoisotopic (exact) mass is 307 g/mol. The van der Waals surface area contributed by atoms with Crippen molar-refractivity contribution in [3.63, 3.8) is 0 Å². The maximum Gasteiger partial charge on any atom is 0.259 e. The second-order valence-electron chi connectivity index (χ2n) is 5.32. The van der Waals surface area contributed by atoms with E-state index in [9.17, 15) is 13.6 Å². The molecular formula is C15H15F2N3O2. The standard InChI is InChI=1S/C15H15F2N3O2/c16-10-2-1-3-11(17)14(10)15(21)20-6-4-9(5-7-20)12-8-13(18)22-19-12/h1-3,8-9H,4-7,18H2. The molecule has 2 N–H and O–H groups in total. The van der Waals surface area contributed by atoms with Gasteiger partial charge >= 0.3 is 0 Å². The number of likely N-dealkylation sites (tertiary alicyclic amines) is 1. The first-order chi connectivity index (χ1) is 10.6. The molecule has 5 nitrogen and oxygen atoms in total. The number of rotatable bonds is 2. The van der Waals surface area contributed by atoms with Crippen molar-refractivity contribution in [2.45, 2.75) is 18.8 Å². The quantitative estimate of drug-likeness (QED) is 0.925. The van der Waals surface area contributed by atoms with Gasteiger partial charge in [0.2, 0.25) is 5.88 Å². The Balaban J connectivity index is 1.70. The second kappa shape index (κ2) is 5.75. The van der Waals surface area contributed by atoms with E-state index >= 15 is 0 Å². The van der Waals surface area contributed by atoms with E-state index in [2.05, 4.69) is 5.16 Å². The van der Waals surface area contributed by atoms with Crippen molar-refractivity contribution in [1.29, 1.82) is 0 Å². The van der Waals surface area contributed by atoms with Crippen LogP contribution in [-0.4, -0.2) is 29.1 Å². The molecule has 0 spiro atoms. The van der Waals surface area contributed by atoms with Gasteiger partial charge in [-0.1, -0.05) is 11.2 Å². The van der Waals surface area contributed by atoms with Crippen molar-refractivity contribution < 1.29 is 18.1 Å². The van der Waals surface area contributed by atoms with Crippen molar-refractivity contribution in [3.8, 4) is 0 Å². The summed E-state index contributed by atoms with van der Waals surface area (Å²) in [4.78, 5) is 13.7. The van der Waals surface area contributed by atoms with E-state index in [1.807, 2.05) is 0 Å². The molecule has 1 amide bonds. The lowest BCUT2D eigenvalue weighted by Crippen LogP contribution is -2.38. The lowest BCUT2D eigenvalue weighted by molar-refractivity contribution is 0.0701. The molecule has 0 unspecified atom stereocenters. The molecule has 1 saturated heterocycles. The van der Waals surface area contributed by atoms with Crippen LogP contribution < -0.4 is 5.73 Å². The number of aromatic nitrogens is 1. The van der Waals surface area contributed by atoms with Gasteiger partial charge in [-0.2, -0.15) is 0 Å². The summed E-state index contributed by atoms with van der Waals surface area (Å²) >= 11 is 0. The first-order valence-electron chi connectivity index (χ1n) is 7.01. The van der Waals surface area contributed by atoms with Gasteiger partial charge in [0.25, 0.3) is 5.91 Å². The summed E-state index contributed by atoms with van der Waals surface area (Å²) in [6.07, 6.45) is 1.29. The Morgan fingerprint density at radius 2 is 1.91 bits per heavy atom. The minimum absolute atomic E-state index is 0.135. The topological polar surface area (TPSA) is 72.4 Å². The van der Waals surface area contributed by atoms with Gasteiger partial charge in [-0.3, -0.25) is 4.79 Å².